The predicted octanol–water partition coefficient (Wildman–Crippen LogP) is 1.85. The summed E-state index contributed by atoms with van der Waals surface area (Å²) in [7, 11) is 0. The molecule has 1 aromatic carbocycles. The van der Waals surface area contributed by atoms with E-state index >= 15 is 0 Å². The van der Waals surface area contributed by atoms with Crippen molar-refractivity contribution in [1.82, 2.24) is 4.90 Å². The van der Waals surface area contributed by atoms with E-state index < -0.39 is 4.92 Å². The van der Waals surface area contributed by atoms with Crippen LogP contribution in [0.4, 0.5) is 11.4 Å². The summed E-state index contributed by atoms with van der Waals surface area (Å²) in [6, 6.07) is 4.53. The lowest BCUT2D eigenvalue weighted by molar-refractivity contribution is -0.384. The Labute approximate surface area is 127 Å². The smallest absolute Gasteiger partial charge is 0.306 e. The second-order valence-electron chi connectivity index (χ2n) is 5.07. The molecule has 8 heteroatoms. The first-order valence-electron chi connectivity index (χ1n) is 6.62. The fourth-order valence-corrected chi connectivity index (χ4v) is 3.87. The summed E-state index contributed by atoms with van der Waals surface area (Å²) in [6.07, 6.45) is 0. The highest BCUT2D eigenvalue weighted by Gasteiger charge is 2.31. The molecule has 2 rings (SSSR count). The fourth-order valence-electron chi connectivity index (χ4n) is 2.54. The van der Waals surface area contributed by atoms with Crippen molar-refractivity contribution in [2.75, 3.05) is 18.5 Å². The first-order chi connectivity index (χ1) is 9.93. The van der Waals surface area contributed by atoms with Crippen LogP contribution in [-0.2, 0) is 0 Å². The van der Waals surface area contributed by atoms with Crippen molar-refractivity contribution in [2.45, 2.75) is 24.3 Å². The summed E-state index contributed by atoms with van der Waals surface area (Å²) in [5.41, 5.74) is 2.21. The zero-order chi connectivity index (χ0) is 15.6. The van der Waals surface area contributed by atoms with E-state index in [1.807, 2.05) is 25.6 Å². The van der Waals surface area contributed by atoms with E-state index in [1.54, 1.807) is 11.0 Å². The van der Waals surface area contributed by atoms with E-state index in [2.05, 4.69) is 5.43 Å². The summed E-state index contributed by atoms with van der Waals surface area (Å²) in [5, 5.41) is 11.9. The number of benzene rings is 1. The van der Waals surface area contributed by atoms with Crippen molar-refractivity contribution in [3.05, 3.63) is 33.9 Å². The molecule has 0 aliphatic carbocycles. The minimum Gasteiger partial charge on any atom is -0.336 e. The Morgan fingerprint density at radius 3 is 2.57 bits per heavy atom. The number of anilines is 1. The zero-order valence-electron chi connectivity index (χ0n) is 11.9. The molecule has 0 spiro atoms. The summed E-state index contributed by atoms with van der Waals surface area (Å²) in [6.45, 7) is 5.27. The number of nitro benzene ring substituents is 1. The molecule has 21 heavy (non-hydrogen) atoms. The molecule has 1 saturated heterocycles. The Hall–Kier alpha value is -1.80. The molecule has 1 amide bonds. The number of amides is 1. The molecule has 1 fully saturated rings. The number of nitrogens with one attached hydrogen (secondary N) is 1. The first kappa shape index (κ1) is 15.6. The maximum atomic E-state index is 12.6. The first-order valence-corrected chi connectivity index (χ1v) is 7.57. The van der Waals surface area contributed by atoms with Crippen molar-refractivity contribution >= 4 is 29.0 Å². The number of hydrazine groups is 1. The lowest BCUT2D eigenvalue weighted by Crippen LogP contribution is -2.44. The van der Waals surface area contributed by atoms with Crippen LogP contribution in [0.3, 0.4) is 0 Å². The van der Waals surface area contributed by atoms with Gasteiger partial charge in [0, 0.05) is 23.6 Å². The van der Waals surface area contributed by atoms with Gasteiger partial charge in [-0.3, -0.25) is 20.8 Å². The largest absolute Gasteiger partial charge is 0.336 e. The standard InChI is InChI=1S/C13H18N4O3S/c1-8-6-16(7-9(2)21-8)13(18)10-4-3-5-11(15-14)12(10)17(19)20/h3-5,8-9,15H,6-7,14H2,1-2H3. The van der Waals surface area contributed by atoms with Crippen LogP contribution in [0.5, 0.6) is 0 Å². The average molecular weight is 310 g/mol. The fraction of sp³-hybridized carbons (Fsp3) is 0.462. The lowest BCUT2D eigenvalue weighted by atomic mass is 10.1. The summed E-state index contributed by atoms with van der Waals surface area (Å²) < 4.78 is 0. The Bertz CT molecular complexity index is 556. The van der Waals surface area contributed by atoms with Gasteiger partial charge < -0.3 is 10.3 Å². The lowest BCUT2D eigenvalue weighted by Gasteiger charge is -2.34. The molecule has 3 N–H and O–H groups in total. The number of rotatable bonds is 3. The van der Waals surface area contributed by atoms with Crippen LogP contribution < -0.4 is 11.3 Å². The second kappa shape index (κ2) is 6.31. The molecule has 2 unspecified atom stereocenters. The quantitative estimate of drug-likeness (QED) is 0.502. The van der Waals surface area contributed by atoms with Gasteiger partial charge in [0.25, 0.3) is 5.91 Å². The minimum atomic E-state index is -0.575. The number of hydrogen-bond acceptors (Lipinski definition) is 6. The highest BCUT2D eigenvalue weighted by Crippen LogP contribution is 2.31. The van der Waals surface area contributed by atoms with E-state index in [9.17, 15) is 14.9 Å². The molecule has 1 aromatic rings. The van der Waals surface area contributed by atoms with Gasteiger partial charge >= 0.3 is 5.69 Å². The number of hydrogen-bond donors (Lipinski definition) is 2. The van der Waals surface area contributed by atoms with Crippen LogP contribution in [0, 0.1) is 10.1 Å². The molecule has 0 radical (unpaired) electrons. The third kappa shape index (κ3) is 3.27. The minimum absolute atomic E-state index is 0.0711. The summed E-state index contributed by atoms with van der Waals surface area (Å²) >= 11 is 1.82. The number of thioether (sulfide) groups is 1. The van der Waals surface area contributed by atoms with Crippen LogP contribution in [0.15, 0.2) is 18.2 Å². The molecule has 0 saturated carbocycles. The van der Waals surface area contributed by atoms with Crippen molar-refractivity contribution in [3.8, 4) is 0 Å². The molecule has 7 nitrogen and oxygen atoms in total. The van der Waals surface area contributed by atoms with Crippen LogP contribution in [-0.4, -0.2) is 39.3 Å². The summed E-state index contributed by atoms with van der Waals surface area (Å²) in [5.74, 6) is 4.98. The van der Waals surface area contributed by atoms with E-state index in [0.29, 0.717) is 23.6 Å². The molecule has 1 aliphatic heterocycles. The number of para-hydroxylation sites is 1. The maximum Gasteiger partial charge on any atom is 0.306 e. The highest BCUT2D eigenvalue weighted by atomic mass is 32.2. The van der Waals surface area contributed by atoms with Gasteiger partial charge in [-0.05, 0) is 12.1 Å². The Balaban J connectivity index is 2.37. The van der Waals surface area contributed by atoms with Gasteiger partial charge in [0.1, 0.15) is 11.3 Å². The van der Waals surface area contributed by atoms with Gasteiger partial charge in [0.2, 0.25) is 0 Å². The van der Waals surface area contributed by atoms with E-state index in [1.165, 1.54) is 12.1 Å². The van der Waals surface area contributed by atoms with Crippen LogP contribution in [0.2, 0.25) is 0 Å². The topological polar surface area (TPSA) is 102 Å². The SMILES string of the molecule is CC1CN(C(=O)c2cccc(NN)c2[N+](=O)[O-])CC(C)S1. The normalized spacial score (nSPS) is 22.0. The predicted molar refractivity (Wildman–Crippen MR) is 83.3 cm³/mol. The number of carbonyl (C=O) groups excluding carboxylic acids is 1. The van der Waals surface area contributed by atoms with Crippen molar-refractivity contribution in [2.24, 2.45) is 5.84 Å². The van der Waals surface area contributed by atoms with Crippen molar-refractivity contribution in [3.63, 3.8) is 0 Å². The number of nitro groups is 1. The number of nitrogen functional groups attached to an aromatic ring is 1. The zero-order valence-corrected chi connectivity index (χ0v) is 12.7. The third-order valence-electron chi connectivity index (χ3n) is 3.31. The Morgan fingerprint density at radius 2 is 2.05 bits per heavy atom. The van der Waals surface area contributed by atoms with Gasteiger partial charge in [0.05, 0.1) is 4.92 Å². The molecule has 1 heterocycles. The highest BCUT2D eigenvalue weighted by molar-refractivity contribution is 8.00. The van der Waals surface area contributed by atoms with E-state index in [-0.39, 0.29) is 22.8 Å². The molecule has 0 bridgehead atoms. The van der Waals surface area contributed by atoms with Crippen molar-refractivity contribution < 1.29 is 9.72 Å². The average Bonchev–Trinajstić information content (AvgIpc) is 2.44. The van der Waals surface area contributed by atoms with Gasteiger partial charge in [0.15, 0.2) is 0 Å². The molecule has 1 aliphatic rings. The molecule has 114 valence electrons. The number of nitrogens with zero attached hydrogens (tertiary/aromatic N) is 2. The molecular formula is C13H18N4O3S. The van der Waals surface area contributed by atoms with Gasteiger partial charge in [-0.25, -0.2) is 0 Å². The van der Waals surface area contributed by atoms with Crippen LogP contribution >= 0.6 is 11.8 Å². The maximum absolute atomic E-state index is 12.6. The van der Waals surface area contributed by atoms with Gasteiger partial charge in [-0.15, -0.1) is 0 Å². The monoisotopic (exact) mass is 310 g/mol. The number of nitrogens with two attached hydrogens (primary N) is 1. The van der Waals surface area contributed by atoms with Gasteiger partial charge in [-0.2, -0.15) is 11.8 Å². The molecule has 0 aromatic heterocycles. The second-order valence-corrected chi connectivity index (χ2v) is 6.95. The molecule has 2 atom stereocenters. The Morgan fingerprint density at radius 1 is 1.43 bits per heavy atom. The Kier molecular flexibility index (Phi) is 4.69. The third-order valence-corrected chi connectivity index (χ3v) is 4.54. The van der Waals surface area contributed by atoms with Crippen LogP contribution in [0.1, 0.15) is 24.2 Å². The van der Waals surface area contributed by atoms with Crippen LogP contribution in [0.25, 0.3) is 0 Å². The summed E-state index contributed by atoms with van der Waals surface area (Å²) in [4.78, 5) is 25.0. The van der Waals surface area contributed by atoms with E-state index in [0.717, 1.165) is 0 Å². The van der Waals surface area contributed by atoms with E-state index in [4.69, 9.17) is 5.84 Å². The molecular weight excluding hydrogens is 292 g/mol. The number of carbonyl (C=O) groups is 1. The van der Waals surface area contributed by atoms with Gasteiger partial charge in [-0.1, -0.05) is 19.9 Å². The van der Waals surface area contributed by atoms with Crippen molar-refractivity contribution in [1.29, 1.82) is 0 Å².